The molecule has 2 aromatic carbocycles. The second kappa shape index (κ2) is 5.89. The highest BCUT2D eigenvalue weighted by molar-refractivity contribution is 6.67. The van der Waals surface area contributed by atoms with E-state index in [-0.39, 0.29) is 6.92 Å². The molecule has 118 valence electrons. The zero-order valence-electron chi connectivity index (χ0n) is 12.9. The zero-order chi connectivity index (χ0) is 16.6. The monoisotopic (exact) mass is 316 g/mol. The Morgan fingerprint density at radius 3 is 2.52 bits per heavy atom. The summed E-state index contributed by atoms with van der Waals surface area (Å²) in [5, 5.41) is 0. The number of hydrogen-bond donors (Lipinski definition) is 0. The van der Waals surface area contributed by atoms with Crippen molar-refractivity contribution in [3.05, 3.63) is 64.2 Å². The van der Waals surface area contributed by atoms with Gasteiger partial charge < -0.3 is 4.65 Å². The van der Waals surface area contributed by atoms with E-state index >= 15 is 0 Å². The van der Waals surface area contributed by atoms with Crippen molar-refractivity contribution in [2.45, 2.75) is 26.5 Å². The van der Waals surface area contributed by atoms with Gasteiger partial charge in [-0.05, 0) is 52.8 Å². The summed E-state index contributed by atoms with van der Waals surface area (Å²) in [6.45, 7) is 4.36. The fraction of sp³-hybridized carbons (Fsp3) is 0.222. The zero-order valence-corrected chi connectivity index (χ0v) is 12.9. The molecule has 1 heterocycles. The highest BCUT2D eigenvalue weighted by atomic mass is 19.4. The van der Waals surface area contributed by atoms with Gasteiger partial charge >= 0.3 is 13.1 Å². The molecule has 2 aromatic rings. The molecule has 0 saturated heterocycles. The summed E-state index contributed by atoms with van der Waals surface area (Å²) in [6.07, 6.45) is -0.781. The van der Waals surface area contributed by atoms with Crippen LogP contribution in [0.2, 0.25) is 6.82 Å². The van der Waals surface area contributed by atoms with Crippen molar-refractivity contribution in [3.63, 3.8) is 0 Å². The van der Waals surface area contributed by atoms with Crippen molar-refractivity contribution in [1.29, 1.82) is 0 Å². The molecule has 1 aliphatic heterocycles. The molecule has 0 radical (unpaired) electrons. The van der Waals surface area contributed by atoms with E-state index in [1.807, 2.05) is 31.1 Å². The normalized spacial score (nSPS) is 14.6. The van der Waals surface area contributed by atoms with E-state index < -0.39 is 11.7 Å². The number of halogens is 3. The van der Waals surface area contributed by atoms with Crippen LogP contribution in [0.15, 0.2) is 36.4 Å². The highest BCUT2D eigenvalue weighted by Crippen LogP contribution is 2.31. The lowest BCUT2D eigenvalue weighted by atomic mass is 9.64. The van der Waals surface area contributed by atoms with Crippen LogP contribution in [-0.4, -0.2) is 6.92 Å². The van der Waals surface area contributed by atoms with E-state index in [1.165, 1.54) is 11.5 Å². The number of aryl methyl sites for hydroxylation is 1. The summed E-state index contributed by atoms with van der Waals surface area (Å²) in [7, 11) is 0. The van der Waals surface area contributed by atoms with Gasteiger partial charge in [0.1, 0.15) is 0 Å². The summed E-state index contributed by atoms with van der Waals surface area (Å²) in [4.78, 5) is 0. The fourth-order valence-electron chi connectivity index (χ4n) is 2.82. The van der Waals surface area contributed by atoms with Gasteiger partial charge in [0.2, 0.25) is 0 Å². The predicted octanol–water partition coefficient (Wildman–Crippen LogP) is 4.54. The van der Waals surface area contributed by atoms with E-state index in [1.54, 1.807) is 19.1 Å². The van der Waals surface area contributed by atoms with Crippen LogP contribution in [0, 0.1) is 6.92 Å². The van der Waals surface area contributed by atoms with Crippen LogP contribution in [0.25, 0.3) is 12.2 Å². The molecule has 0 amide bonds. The van der Waals surface area contributed by atoms with Crippen LogP contribution >= 0.6 is 0 Å². The van der Waals surface area contributed by atoms with Crippen molar-refractivity contribution >= 4 is 24.5 Å². The Kier molecular flexibility index (Phi) is 4.07. The van der Waals surface area contributed by atoms with E-state index in [0.29, 0.717) is 17.7 Å². The van der Waals surface area contributed by atoms with Crippen LogP contribution < -0.4 is 5.46 Å². The molecule has 0 atom stereocenters. The summed E-state index contributed by atoms with van der Waals surface area (Å²) < 4.78 is 44.1. The van der Waals surface area contributed by atoms with E-state index in [9.17, 15) is 13.2 Å². The molecule has 1 aliphatic rings. The highest BCUT2D eigenvalue weighted by Gasteiger charge is 2.30. The second-order valence-corrected chi connectivity index (χ2v) is 5.87. The lowest BCUT2D eigenvalue weighted by Crippen LogP contribution is -2.23. The largest absolute Gasteiger partial charge is 0.427 e. The quantitative estimate of drug-likeness (QED) is 0.584. The van der Waals surface area contributed by atoms with Gasteiger partial charge in [-0.1, -0.05) is 37.2 Å². The number of benzene rings is 2. The van der Waals surface area contributed by atoms with Gasteiger partial charge in [0.15, 0.2) is 0 Å². The van der Waals surface area contributed by atoms with Gasteiger partial charge in [-0.2, -0.15) is 13.2 Å². The molecule has 1 nitrogen and oxygen atoms in total. The maximum absolute atomic E-state index is 12.9. The third kappa shape index (κ3) is 3.50. The van der Waals surface area contributed by atoms with E-state index in [4.69, 9.17) is 4.65 Å². The first-order valence-corrected chi connectivity index (χ1v) is 7.44. The first-order valence-electron chi connectivity index (χ1n) is 7.44. The van der Waals surface area contributed by atoms with Gasteiger partial charge in [0.25, 0.3) is 0 Å². The number of hydrogen-bond acceptors (Lipinski definition) is 1. The number of fused-ring (bicyclic) bond motifs is 1. The average molecular weight is 316 g/mol. The Balaban J connectivity index is 1.87. The van der Waals surface area contributed by atoms with Crippen LogP contribution in [0.3, 0.4) is 0 Å². The van der Waals surface area contributed by atoms with Crippen molar-refractivity contribution < 1.29 is 17.8 Å². The smallest absolute Gasteiger partial charge is 0.416 e. The number of rotatable bonds is 2. The van der Waals surface area contributed by atoms with Crippen molar-refractivity contribution in [2.75, 3.05) is 0 Å². The van der Waals surface area contributed by atoms with Gasteiger partial charge in [-0.25, -0.2) is 0 Å². The lowest BCUT2D eigenvalue weighted by molar-refractivity contribution is -0.137. The molecule has 23 heavy (non-hydrogen) atoms. The van der Waals surface area contributed by atoms with Crippen molar-refractivity contribution in [2.24, 2.45) is 0 Å². The Labute approximate surface area is 133 Å². The van der Waals surface area contributed by atoms with Crippen molar-refractivity contribution in [1.82, 2.24) is 0 Å². The van der Waals surface area contributed by atoms with E-state index in [0.717, 1.165) is 17.2 Å². The topological polar surface area (TPSA) is 9.23 Å². The van der Waals surface area contributed by atoms with Crippen LogP contribution in [0.5, 0.6) is 0 Å². The minimum Gasteiger partial charge on any atom is -0.427 e. The molecule has 0 fully saturated rings. The molecular weight excluding hydrogens is 300 g/mol. The molecule has 0 N–H and O–H groups in total. The minimum absolute atomic E-state index is 0.106. The summed E-state index contributed by atoms with van der Waals surface area (Å²) in [6, 6.07) is 10.1. The molecule has 0 unspecified atom stereocenters. The Hall–Kier alpha value is -2.01. The Morgan fingerprint density at radius 2 is 1.78 bits per heavy atom. The first-order chi connectivity index (χ1) is 10.8. The molecule has 0 spiro atoms. The number of alkyl halides is 3. The summed E-state index contributed by atoms with van der Waals surface area (Å²) in [5.41, 5.74) is 3.79. The van der Waals surface area contributed by atoms with Gasteiger partial charge in [-0.3, -0.25) is 0 Å². The average Bonchev–Trinajstić information content (AvgIpc) is 2.85. The minimum atomic E-state index is -4.32. The van der Waals surface area contributed by atoms with Gasteiger partial charge in [0.05, 0.1) is 12.2 Å². The maximum atomic E-state index is 12.9. The second-order valence-electron chi connectivity index (χ2n) is 5.87. The van der Waals surface area contributed by atoms with Crippen LogP contribution in [0.1, 0.15) is 27.8 Å². The summed E-state index contributed by atoms with van der Waals surface area (Å²) in [5.74, 6) is 0. The SMILES string of the molecule is CB1OCc2cc(/C=C/c3cc(C)cc(C(F)(F)F)c3)ccc21. The fourth-order valence-corrected chi connectivity index (χ4v) is 2.82. The van der Waals surface area contributed by atoms with Gasteiger partial charge in [0, 0.05) is 0 Å². The standard InChI is InChI=1S/C18H16BF3O/c1-12-7-14(10-16(8-12)18(20,21)22)4-3-13-5-6-17-15(9-13)11-23-19(17)2/h3-10H,11H2,1-2H3/b4-3+. The first kappa shape index (κ1) is 15.9. The van der Waals surface area contributed by atoms with E-state index in [2.05, 4.69) is 0 Å². The molecule has 0 bridgehead atoms. The Bertz CT molecular complexity index is 765. The van der Waals surface area contributed by atoms with Crippen LogP contribution in [0.4, 0.5) is 13.2 Å². The van der Waals surface area contributed by atoms with Crippen molar-refractivity contribution in [3.8, 4) is 0 Å². The molecule has 0 aromatic heterocycles. The summed E-state index contributed by atoms with van der Waals surface area (Å²) >= 11 is 0. The van der Waals surface area contributed by atoms with Gasteiger partial charge in [-0.15, -0.1) is 0 Å². The Morgan fingerprint density at radius 1 is 1.04 bits per heavy atom. The third-order valence-electron chi connectivity index (χ3n) is 3.99. The lowest BCUT2D eigenvalue weighted by Gasteiger charge is -2.09. The molecule has 3 rings (SSSR count). The third-order valence-corrected chi connectivity index (χ3v) is 3.99. The molecule has 0 aliphatic carbocycles. The predicted molar refractivity (Wildman–Crippen MR) is 87.6 cm³/mol. The molecular formula is C18H16BF3O. The molecule has 5 heteroatoms. The van der Waals surface area contributed by atoms with Crippen LogP contribution in [-0.2, 0) is 17.4 Å². The maximum Gasteiger partial charge on any atom is 0.416 e. The molecule has 0 saturated carbocycles.